The van der Waals surface area contributed by atoms with Crippen molar-refractivity contribution < 1.29 is 0 Å². The lowest BCUT2D eigenvalue weighted by Crippen LogP contribution is -1.99. The summed E-state index contributed by atoms with van der Waals surface area (Å²) in [4.78, 5) is 4.50. The molecule has 1 heterocycles. The van der Waals surface area contributed by atoms with Gasteiger partial charge in [-0.1, -0.05) is 37.1 Å². The molecule has 3 rings (SSSR count). The summed E-state index contributed by atoms with van der Waals surface area (Å²) < 4.78 is 2.22. The van der Waals surface area contributed by atoms with Crippen LogP contribution in [0.15, 0.2) is 48.8 Å². The van der Waals surface area contributed by atoms with Crippen molar-refractivity contribution in [2.75, 3.05) is 5.32 Å². The van der Waals surface area contributed by atoms with Gasteiger partial charge in [-0.2, -0.15) is 0 Å². The molecule has 0 radical (unpaired) electrons. The van der Waals surface area contributed by atoms with Gasteiger partial charge in [-0.05, 0) is 42.3 Å². The van der Waals surface area contributed by atoms with Gasteiger partial charge in [0.15, 0.2) is 0 Å². The third-order valence-electron chi connectivity index (χ3n) is 3.78. The van der Waals surface area contributed by atoms with Crippen LogP contribution in [0.5, 0.6) is 0 Å². The highest BCUT2D eigenvalue weighted by atomic mass is 35.5. The lowest BCUT2D eigenvalue weighted by atomic mass is 10.2. The van der Waals surface area contributed by atoms with E-state index in [-0.39, 0.29) is 0 Å². The van der Waals surface area contributed by atoms with E-state index in [4.69, 9.17) is 11.6 Å². The van der Waals surface area contributed by atoms with Crippen LogP contribution in [0, 0.1) is 0 Å². The van der Waals surface area contributed by atoms with E-state index in [1.807, 2.05) is 30.6 Å². The van der Waals surface area contributed by atoms with Crippen LogP contribution < -0.4 is 5.32 Å². The van der Waals surface area contributed by atoms with E-state index in [0.717, 1.165) is 29.3 Å². The zero-order valence-corrected chi connectivity index (χ0v) is 13.5. The number of unbranched alkanes of at least 4 members (excludes halogenated alkanes) is 1. The quantitative estimate of drug-likeness (QED) is 0.686. The van der Waals surface area contributed by atoms with Crippen LogP contribution in [0.3, 0.4) is 0 Å². The molecule has 0 saturated heterocycles. The van der Waals surface area contributed by atoms with Crippen molar-refractivity contribution in [3.05, 3.63) is 59.4 Å². The van der Waals surface area contributed by atoms with Crippen LogP contribution in [-0.2, 0) is 13.1 Å². The Bertz CT molecular complexity index is 747. The molecule has 22 heavy (non-hydrogen) atoms. The van der Waals surface area contributed by atoms with Crippen LogP contribution in [0.1, 0.15) is 25.3 Å². The fraction of sp³-hybridized carbons (Fsp3) is 0.278. The normalized spacial score (nSPS) is 11.0. The summed E-state index contributed by atoms with van der Waals surface area (Å²) in [5, 5.41) is 4.20. The molecule has 2 aromatic carbocycles. The van der Waals surface area contributed by atoms with Gasteiger partial charge in [-0.25, -0.2) is 4.98 Å². The predicted octanol–water partition coefficient (Wildman–Crippen LogP) is 5.10. The first kappa shape index (κ1) is 14.9. The molecule has 0 aliphatic rings. The average Bonchev–Trinajstić information content (AvgIpc) is 2.94. The largest absolute Gasteiger partial charge is 0.381 e. The first-order valence-electron chi connectivity index (χ1n) is 7.69. The average molecular weight is 314 g/mol. The van der Waals surface area contributed by atoms with Crippen LogP contribution in [0.25, 0.3) is 11.0 Å². The summed E-state index contributed by atoms with van der Waals surface area (Å²) in [5.41, 5.74) is 4.53. The number of hydrogen-bond acceptors (Lipinski definition) is 2. The number of halogens is 1. The number of nitrogens with zero attached hydrogens (tertiary/aromatic N) is 2. The van der Waals surface area contributed by atoms with E-state index in [0.29, 0.717) is 0 Å². The Balaban J connectivity index is 1.71. The first-order chi connectivity index (χ1) is 10.8. The zero-order chi connectivity index (χ0) is 15.4. The smallest absolute Gasteiger partial charge is 0.0958 e. The Hall–Kier alpha value is -2.00. The number of imidazole rings is 1. The fourth-order valence-corrected chi connectivity index (χ4v) is 2.61. The molecule has 3 aromatic rings. The molecule has 0 atom stereocenters. The minimum absolute atomic E-state index is 0.766. The minimum atomic E-state index is 0.766. The number of hydrogen-bond donors (Lipinski definition) is 1. The molecule has 0 aliphatic heterocycles. The predicted molar refractivity (Wildman–Crippen MR) is 93.4 cm³/mol. The summed E-state index contributed by atoms with van der Waals surface area (Å²) in [6, 6.07) is 14.3. The van der Waals surface area contributed by atoms with Gasteiger partial charge in [0.1, 0.15) is 0 Å². The van der Waals surface area contributed by atoms with E-state index in [1.165, 1.54) is 23.9 Å². The standard InChI is InChI=1S/C18H20ClN3/c1-2-3-10-22-13-21-17-11-16(8-9-18(17)22)20-12-14-4-6-15(19)7-5-14/h4-9,11,13,20H,2-3,10,12H2,1H3. The topological polar surface area (TPSA) is 29.9 Å². The zero-order valence-electron chi connectivity index (χ0n) is 12.7. The summed E-state index contributed by atoms with van der Waals surface area (Å²) >= 11 is 5.90. The Morgan fingerprint density at radius 3 is 2.73 bits per heavy atom. The maximum Gasteiger partial charge on any atom is 0.0958 e. The van der Waals surface area contributed by atoms with Crippen molar-refractivity contribution >= 4 is 28.3 Å². The molecule has 0 amide bonds. The molecule has 0 bridgehead atoms. The maximum atomic E-state index is 5.90. The molecule has 1 aromatic heterocycles. The molecular formula is C18H20ClN3. The van der Waals surface area contributed by atoms with Crippen molar-refractivity contribution in [2.24, 2.45) is 0 Å². The van der Waals surface area contributed by atoms with Crippen LogP contribution in [0.2, 0.25) is 5.02 Å². The number of anilines is 1. The first-order valence-corrected chi connectivity index (χ1v) is 8.07. The van der Waals surface area contributed by atoms with E-state index in [9.17, 15) is 0 Å². The summed E-state index contributed by atoms with van der Waals surface area (Å²) in [7, 11) is 0. The Labute approximate surface area is 135 Å². The second-order valence-corrected chi connectivity index (χ2v) is 5.91. The summed E-state index contributed by atoms with van der Waals surface area (Å²) in [5.74, 6) is 0. The molecule has 114 valence electrons. The summed E-state index contributed by atoms with van der Waals surface area (Å²) in [6.07, 6.45) is 4.31. The molecular weight excluding hydrogens is 294 g/mol. The van der Waals surface area contributed by atoms with Crippen molar-refractivity contribution in [3.8, 4) is 0 Å². The number of fused-ring (bicyclic) bond motifs is 1. The van der Waals surface area contributed by atoms with E-state index in [1.54, 1.807) is 0 Å². The monoisotopic (exact) mass is 313 g/mol. The van der Waals surface area contributed by atoms with E-state index >= 15 is 0 Å². The van der Waals surface area contributed by atoms with E-state index < -0.39 is 0 Å². The van der Waals surface area contributed by atoms with Gasteiger partial charge >= 0.3 is 0 Å². The lowest BCUT2D eigenvalue weighted by Gasteiger charge is -2.07. The van der Waals surface area contributed by atoms with Crippen LogP contribution >= 0.6 is 11.6 Å². The third-order valence-corrected chi connectivity index (χ3v) is 4.04. The molecule has 0 aliphatic carbocycles. The van der Waals surface area contributed by atoms with Crippen molar-refractivity contribution in [1.29, 1.82) is 0 Å². The highest BCUT2D eigenvalue weighted by molar-refractivity contribution is 6.30. The van der Waals surface area contributed by atoms with Gasteiger partial charge in [-0.3, -0.25) is 0 Å². The lowest BCUT2D eigenvalue weighted by molar-refractivity contribution is 0.646. The molecule has 3 nitrogen and oxygen atoms in total. The van der Waals surface area contributed by atoms with Crippen molar-refractivity contribution in [1.82, 2.24) is 9.55 Å². The molecule has 4 heteroatoms. The maximum absolute atomic E-state index is 5.90. The van der Waals surface area contributed by atoms with Gasteiger partial charge in [0.25, 0.3) is 0 Å². The number of benzene rings is 2. The van der Waals surface area contributed by atoms with Crippen molar-refractivity contribution in [3.63, 3.8) is 0 Å². The SMILES string of the molecule is CCCCn1cnc2cc(NCc3ccc(Cl)cc3)ccc21. The minimum Gasteiger partial charge on any atom is -0.381 e. The molecule has 0 unspecified atom stereocenters. The Kier molecular flexibility index (Phi) is 4.64. The van der Waals surface area contributed by atoms with E-state index in [2.05, 4.69) is 40.0 Å². The number of aryl methyl sites for hydroxylation is 1. The fourth-order valence-electron chi connectivity index (χ4n) is 2.49. The van der Waals surface area contributed by atoms with Crippen LogP contribution in [-0.4, -0.2) is 9.55 Å². The number of nitrogens with one attached hydrogen (secondary N) is 1. The molecule has 0 spiro atoms. The van der Waals surface area contributed by atoms with Crippen molar-refractivity contribution in [2.45, 2.75) is 32.9 Å². The Morgan fingerprint density at radius 2 is 1.95 bits per heavy atom. The van der Waals surface area contributed by atoms with Crippen LogP contribution in [0.4, 0.5) is 5.69 Å². The van der Waals surface area contributed by atoms with Gasteiger partial charge in [0, 0.05) is 23.8 Å². The molecule has 0 fully saturated rings. The molecule has 0 saturated carbocycles. The van der Waals surface area contributed by atoms with Gasteiger partial charge in [0.05, 0.1) is 17.4 Å². The molecule has 1 N–H and O–H groups in total. The second kappa shape index (κ2) is 6.84. The number of aromatic nitrogens is 2. The summed E-state index contributed by atoms with van der Waals surface area (Å²) in [6.45, 7) is 4.02. The third kappa shape index (κ3) is 3.42. The Morgan fingerprint density at radius 1 is 1.14 bits per heavy atom. The second-order valence-electron chi connectivity index (χ2n) is 5.48. The highest BCUT2D eigenvalue weighted by Crippen LogP contribution is 2.19. The highest BCUT2D eigenvalue weighted by Gasteiger charge is 2.03. The van der Waals surface area contributed by atoms with Gasteiger partial charge in [0.2, 0.25) is 0 Å². The number of rotatable bonds is 6. The van der Waals surface area contributed by atoms with Gasteiger partial charge < -0.3 is 9.88 Å². The van der Waals surface area contributed by atoms with Gasteiger partial charge in [-0.15, -0.1) is 0 Å².